The van der Waals surface area contributed by atoms with Crippen LogP contribution in [0.15, 0.2) is 42.6 Å². The van der Waals surface area contributed by atoms with Crippen molar-refractivity contribution in [2.45, 2.75) is 19.9 Å². The van der Waals surface area contributed by atoms with Gasteiger partial charge in [0.25, 0.3) is 5.91 Å². The molecule has 1 aromatic heterocycles. The van der Waals surface area contributed by atoms with Crippen molar-refractivity contribution < 1.29 is 9.53 Å². The third-order valence-electron chi connectivity index (χ3n) is 4.26. The first-order valence-electron chi connectivity index (χ1n) is 8.36. The van der Waals surface area contributed by atoms with Gasteiger partial charge >= 0.3 is 0 Å². The Labute approximate surface area is 142 Å². The first-order valence-corrected chi connectivity index (χ1v) is 8.36. The van der Waals surface area contributed by atoms with Gasteiger partial charge in [0.15, 0.2) is 0 Å². The molecule has 1 amide bonds. The third kappa shape index (κ3) is 3.92. The molecular weight excluding hydrogens is 302 g/mol. The van der Waals surface area contributed by atoms with Crippen LogP contribution in [0.5, 0.6) is 0 Å². The fraction of sp³-hybridized carbons (Fsp3) is 0.368. The van der Waals surface area contributed by atoms with E-state index in [0.29, 0.717) is 19.7 Å². The molecule has 1 aromatic carbocycles. The van der Waals surface area contributed by atoms with Gasteiger partial charge in [0.05, 0.1) is 18.8 Å². The second-order valence-corrected chi connectivity index (χ2v) is 5.91. The Bertz CT molecular complexity index is 680. The summed E-state index contributed by atoms with van der Waals surface area (Å²) in [5, 5.41) is 3.38. The highest BCUT2D eigenvalue weighted by atomic mass is 16.5. The van der Waals surface area contributed by atoms with E-state index < -0.39 is 0 Å². The van der Waals surface area contributed by atoms with Crippen molar-refractivity contribution >= 4 is 11.6 Å². The van der Waals surface area contributed by atoms with Crippen molar-refractivity contribution in [3.63, 3.8) is 0 Å². The largest absolute Gasteiger partial charge is 0.380 e. The lowest BCUT2D eigenvalue weighted by atomic mass is 10.0. The molecule has 5 nitrogen and oxygen atoms in total. The van der Waals surface area contributed by atoms with Crippen LogP contribution in [0.4, 0.5) is 5.69 Å². The van der Waals surface area contributed by atoms with Gasteiger partial charge < -0.3 is 15.0 Å². The summed E-state index contributed by atoms with van der Waals surface area (Å²) in [6.45, 7) is 5.38. The molecule has 1 fully saturated rings. The minimum absolute atomic E-state index is 0.0829. The molecule has 0 radical (unpaired) electrons. The zero-order valence-electron chi connectivity index (χ0n) is 14.0. The number of rotatable bonds is 4. The summed E-state index contributed by atoms with van der Waals surface area (Å²) in [6, 6.07) is 11.7. The van der Waals surface area contributed by atoms with E-state index in [-0.39, 0.29) is 5.91 Å². The SMILES string of the molecule is Cc1c(NCc2ccccn2)cccc1C(=O)N1CCCOCC1. The van der Waals surface area contributed by atoms with E-state index in [1.165, 1.54) is 0 Å². The number of nitrogens with zero attached hydrogens (tertiary/aromatic N) is 2. The van der Waals surface area contributed by atoms with Gasteiger partial charge in [-0.15, -0.1) is 0 Å². The number of aromatic nitrogens is 1. The van der Waals surface area contributed by atoms with Gasteiger partial charge in [0.2, 0.25) is 0 Å². The average Bonchev–Trinajstić information content (AvgIpc) is 2.90. The van der Waals surface area contributed by atoms with Crippen LogP contribution < -0.4 is 5.32 Å². The molecule has 1 aliphatic heterocycles. The summed E-state index contributed by atoms with van der Waals surface area (Å²) in [5.41, 5.74) is 3.67. The Morgan fingerprint density at radius 1 is 1.21 bits per heavy atom. The molecule has 5 heteroatoms. The Kier molecular flexibility index (Phi) is 5.43. The molecular formula is C19H23N3O2. The molecule has 24 heavy (non-hydrogen) atoms. The second-order valence-electron chi connectivity index (χ2n) is 5.91. The predicted molar refractivity (Wildman–Crippen MR) is 94.1 cm³/mol. The molecule has 0 unspecified atom stereocenters. The van der Waals surface area contributed by atoms with E-state index in [1.807, 2.05) is 48.2 Å². The van der Waals surface area contributed by atoms with E-state index in [9.17, 15) is 4.79 Å². The minimum atomic E-state index is 0.0829. The molecule has 126 valence electrons. The van der Waals surface area contributed by atoms with E-state index in [4.69, 9.17) is 4.74 Å². The summed E-state index contributed by atoms with van der Waals surface area (Å²) in [6.07, 6.45) is 2.67. The maximum Gasteiger partial charge on any atom is 0.254 e. The van der Waals surface area contributed by atoms with Crippen molar-refractivity contribution in [3.05, 3.63) is 59.4 Å². The number of nitrogens with one attached hydrogen (secondary N) is 1. The van der Waals surface area contributed by atoms with Crippen LogP contribution in [0.1, 0.15) is 28.0 Å². The van der Waals surface area contributed by atoms with E-state index >= 15 is 0 Å². The molecule has 0 saturated carbocycles. The number of hydrogen-bond acceptors (Lipinski definition) is 4. The summed E-state index contributed by atoms with van der Waals surface area (Å²) < 4.78 is 5.44. The summed E-state index contributed by atoms with van der Waals surface area (Å²) in [7, 11) is 0. The lowest BCUT2D eigenvalue weighted by molar-refractivity contribution is 0.0740. The smallest absolute Gasteiger partial charge is 0.254 e. The Hall–Kier alpha value is -2.40. The first kappa shape index (κ1) is 16.5. The van der Waals surface area contributed by atoms with Crippen LogP contribution in [0, 0.1) is 6.92 Å². The fourth-order valence-corrected chi connectivity index (χ4v) is 2.87. The predicted octanol–water partition coefficient (Wildman–Crippen LogP) is 2.86. The molecule has 2 aromatic rings. The highest BCUT2D eigenvalue weighted by molar-refractivity contribution is 5.97. The third-order valence-corrected chi connectivity index (χ3v) is 4.26. The number of hydrogen-bond donors (Lipinski definition) is 1. The van der Waals surface area contributed by atoms with Crippen LogP contribution >= 0.6 is 0 Å². The van der Waals surface area contributed by atoms with E-state index in [1.54, 1.807) is 6.20 Å². The maximum atomic E-state index is 12.8. The Balaban J connectivity index is 1.73. The standard InChI is InChI=1S/C19H23N3O2/c1-15-17(19(23)22-10-5-12-24-13-11-22)7-4-8-18(15)21-14-16-6-2-3-9-20-16/h2-4,6-9,21H,5,10-14H2,1H3. The summed E-state index contributed by atoms with van der Waals surface area (Å²) in [5.74, 6) is 0.0829. The van der Waals surface area contributed by atoms with Crippen molar-refractivity contribution in [1.29, 1.82) is 0 Å². The minimum Gasteiger partial charge on any atom is -0.380 e. The lowest BCUT2D eigenvalue weighted by Crippen LogP contribution is -2.33. The lowest BCUT2D eigenvalue weighted by Gasteiger charge is -2.21. The monoisotopic (exact) mass is 325 g/mol. The number of ether oxygens (including phenoxy) is 1. The van der Waals surface area contributed by atoms with E-state index in [0.717, 1.165) is 42.1 Å². The molecule has 0 aliphatic carbocycles. The Morgan fingerprint density at radius 3 is 2.96 bits per heavy atom. The topological polar surface area (TPSA) is 54.5 Å². The second kappa shape index (κ2) is 7.93. The van der Waals surface area contributed by atoms with Gasteiger partial charge in [-0.25, -0.2) is 0 Å². The van der Waals surface area contributed by atoms with Gasteiger partial charge in [0.1, 0.15) is 0 Å². The van der Waals surface area contributed by atoms with Crippen molar-refractivity contribution in [3.8, 4) is 0 Å². The molecule has 0 bridgehead atoms. The van der Waals surface area contributed by atoms with Crippen molar-refractivity contribution in [2.24, 2.45) is 0 Å². The molecule has 2 heterocycles. The normalized spacial score (nSPS) is 15.0. The van der Waals surface area contributed by atoms with Crippen LogP contribution in [-0.2, 0) is 11.3 Å². The molecule has 0 atom stereocenters. The van der Waals surface area contributed by atoms with Crippen molar-refractivity contribution in [2.75, 3.05) is 31.6 Å². The van der Waals surface area contributed by atoms with Gasteiger partial charge in [-0.1, -0.05) is 12.1 Å². The number of benzene rings is 1. The number of amides is 1. The number of pyridine rings is 1. The molecule has 1 N–H and O–H groups in total. The van der Waals surface area contributed by atoms with E-state index in [2.05, 4.69) is 10.3 Å². The molecule has 1 saturated heterocycles. The quantitative estimate of drug-likeness (QED) is 0.939. The fourth-order valence-electron chi connectivity index (χ4n) is 2.87. The van der Waals surface area contributed by atoms with Gasteiger partial charge in [-0.05, 0) is 43.2 Å². The first-order chi connectivity index (χ1) is 11.8. The number of carbonyl (C=O) groups excluding carboxylic acids is 1. The highest BCUT2D eigenvalue weighted by Crippen LogP contribution is 2.21. The summed E-state index contributed by atoms with van der Waals surface area (Å²) >= 11 is 0. The highest BCUT2D eigenvalue weighted by Gasteiger charge is 2.20. The molecule has 1 aliphatic rings. The number of carbonyl (C=O) groups is 1. The van der Waals surface area contributed by atoms with Crippen LogP contribution in [-0.4, -0.2) is 42.1 Å². The number of anilines is 1. The Morgan fingerprint density at radius 2 is 2.12 bits per heavy atom. The van der Waals surface area contributed by atoms with Crippen LogP contribution in [0.3, 0.4) is 0 Å². The van der Waals surface area contributed by atoms with Crippen LogP contribution in [0.2, 0.25) is 0 Å². The summed E-state index contributed by atoms with van der Waals surface area (Å²) in [4.78, 5) is 19.0. The zero-order chi connectivity index (χ0) is 16.8. The van der Waals surface area contributed by atoms with Gasteiger partial charge in [0, 0.05) is 37.1 Å². The zero-order valence-corrected chi connectivity index (χ0v) is 14.0. The molecule has 3 rings (SSSR count). The van der Waals surface area contributed by atoms with Gasteiger partial charge in [-0.2, -0.15) is 0 Å². The van der Waals surface area contributed by atoms with Crippen molar-refractivity contribution in [1.82, 2.24) is 9.88 Å². The maximum absolute atomic E-state index is 12.8. The molecule has 0 spiro atoms. The van der Waals surface area contributed by atoms with Gasteiger partial charge in [-0.3, -0.25) is 9.78 Å². The van der Waals surface area contributed by atoms with Crippen LogP contribution in [0.25, 0.3) is 0 Å². The average molecular weight is 325 g/mol.